The number of hydrogen-bond donors (Lipinski definition) is 1. The van der Waals surface area contributed by atoms with Crippen molar-refractivity contribution in [3.8, 4) is 5.75 Å². The predicted octanol–water partition coefficient (Wildman–Crippen LogP) is 3.62. The lowest BCUT2D eigenvalue weighted by atomic mass is 10.2. The van der Waals surface area contributed by atoms with Crippen molar-refractivity contribution >= 4 is 22.8 Å². The van der Waals surface area contributed by atoms with Crippen LogP contribution in [0.25, 0.3) is 11.0 Å². The lowest BCUT2D eigenvalue weighted by molar-refractivity contribution is -0.143. The second kappa shape index (κ2) is 11.0. The molecule has 0 atom stereocenters. The van der Waals surface area contributed by atoms with Crippen LogP contribution in [0, 0.1) is 6.92 Å². The Balaban J connectivity index is 1.30. The highest BCUT2D eigenvalue weighted by molar-refractivity contribution is 5.96. The van der Waals surface area contributed by atoms with Gasteiger partial charge in [-0.25, -0.2) is 4.79 Å². The van der Waals surface area contributed by atoms with E-state index >= 15 is 0 Å². The van der Waals surface area contributed by atoms with E-state index in [1.165, 1.54) is 6.07 Å². The number of carbonyl (C=O) groups is 2. The summed E-state index contributed by atoms with van der Waals surface area (Å²) in [7, 11) is 0. The molecule has 0 saturated carbocycles. The van der Waals surface area contributed by atoms with Crippen LogP contribution in [0.4, 0.5) is 0 Å². The predicted molar refractivity (Wildman–Crippen MR) is 116 cm³/mol. The molecule has 7 heteroatoms. The number of rotatable bonds is 10. The number of para-hydroxylation sites is 1. The smallest absolute Gasteiger partial charge is 0.349 e. The van der Waals surface area contributed by atoms with Crippen molar-refractivity contribution in [1.82, 2.24) is 5.32 Å². The van der Waals surface area contributed by atoms with E-state index < -0.39 is 11.5 Å². The highest BCUT2D eigenvalue weighted by Gasteiger charge is 2.13. The monoisotopic (exact) mass is 423 g/mol. The maximum absolute atomic E-state index is 12.2. The number of fused-ring (bicyclic) bond motifs is 1. The first kappa shape index (κ1) is 22.1. The van der Waals surface area contributed by atoms with Crippen LogP contribution >= 0.6 is 0 Å². The quantitative estimate of drug-likeness (QED) is 0.304. The van der Waals surface area contributed by atoms with Crippen molar-refractivity contribution in [2.75, 3.05) is 19.8 Å². The minimum atomic E-state index is -0.685. The Morgan fingerprint density at radius 3 is 2.58 bits per heavy atom. The van der Waals surface area contributed by atoms with Gasteiger partial charge in [0.05, 0.1) is 13.2 Å². The van der Waals surface area contributed by atoms with Gasteiger partial charge in [-0.15, -0.1) is 0 Å². The number of nitrogens with one attached hydrogen (secondary N) is 1. The van der Waals surface area contributed by atoms with Gasteiger partial charge in [-0.3, -0.25) is 9.59 Å². The molecule has 1 heterocycles. The van der Waals surface area contributed by atoms with Gasteiger partial charge >= 0.3 is 11.6 Å². The zero-order valence-electron chi connectivity index (χ0n) is 17.4. The van der Waals surface area contributed by atoms with E-state index in [2.05, 4.69) is 5.32 Å². The summed E-state index contributed by atoms with van der Waals surface area (Å²) in [5.74, 6) is -0.0525. The molecule has 0 aliphatic heterocycles. The maximum atomic E-state index is 12.2. The molecule has 1 aromatic heterocycles. The van der Waals surface area contributed by atoms with Gasteiger partial charge in [0.2, 0.25) is 0 Å². The minimum absolute atomic E-state index is 0.0516. The third-order valence-electron chi connectivity index (χ3n) is 4.57. The molecule has 0 saturated heterocycles. The SMILES string of the molecule is Cc1ccc(OCCCC(=O)OCCCNC(=O)c2cc3ccccc3oc2=O)cc1. The summed E-state index contributed by atoms with van der Waals surface area (Å²) in [5, 5.41) is 3.32. The molecule has 0 aliphatic rings. The van der Waals surface area contributed by atoms with Crippen LogP contribution in [0.2, 0.25) is 0 Å². The molecular weight excluding hydrogens is 398 g/mol. The summed E-state index contributed by atoms with van der Waals surface area (Å²) in [6.45, 7) is 2.90. The van der Waals surface area contributed by atoms with Crippen LogP contribution in [0.15, 0.2) is 63.8 Å². The van der Waals surface area contributed by atoms with E-state index in [1.54, 1.807) is 24.3 Å². The molecule has 2 aromatic carbocycles. The fraction of sp³-hybridized carbons (Fsp3) is 0.292. The highest BCUT2D eigenvalue weighted by Crippen LogP contribution is 2.13. The average molecular weight is 423 g/mol. The topological polar surface area (TPSA) is 94.8 Å². The Labute approximate surface area is 180 Å². The minimum Gasteiger partial charge on any atom is -0.494 e. The lowest BCUT2D eigenvalue weighted by Crippen LogP contribution is -2.29. The number of hydrogen-bond acceptors (Lipinski definition) is 6. The van der Waals surface area contributed by atoms with Crippen LogP contribution in [-0.2, 0) is 9.53 Å². The third kappa shape index (κ3) is 6.70. The molecule has 7 nitrogen and oxygen atoms in total. The number of aryl methyl sites for hydroxylation is 1. The van der Waals surface area contributed by atoms with Gasteiger partial charge in [-0.1, -0.05) is 35.9 Å². The molecule has 3 aromatic rings. The molecule has 0 spiro atoms. The van der Waals surface area contributed by atoms with Crippen molar-refractivity contribution in [3.05, 3.63) is 76.1 Å². The van der Waals surface area contributed by atoms with E-state index in [9.17, 15) is 14.4 Å². The fourth-order valence-corrected chi connectivity index (χ4v) is 2.89. The number of carbonyl (C=O) groups excluding carboxylic acids is 2. The normalized spacial score (nSPS) is 10.6. The number of esters is 1. The van der Waals surface area contributed by atoms with E-state index in [0.29, 0.717) is 30.4 Å². The fourth-order valence-electron chi connectivity index (χ4n) is 2.89. The summed E-state index contributed by atoms with van der Waals surface area (Å²) < 4.78 is 15.9. The van der Waals surface area contributed by atoms with Gasteiger partial charge in [0, 0.05) is 18.4 Å². The standard InChI is InChI=1S/C24H25NO6/c1-17-9-11-19(12-10-17)29-14-4-8-22(26)30-15-5-13-25-23(27)20-16-18-6-2-3-7-21(18)31-24(20)28/h2-3,6-7,9-12,16H,4-5,8,13-15H2,1H3,(H,25,27). The van der Waals surface area contributed by atoms with E-state index in [1.807, 2.05) is 31.2 Å². The van der Waals surface area contributed by atoms with Crippen molar-refractivity contribution in [2.24, 2.45) is 0 Å². The number of ether oxygens (including phenoxy) is 2. The van der Waals surface area contributed by atoms with Gasteiger partial charge in [0.1, 0.15) is 16.9 Å². The zero-order chi connectivity index (χ0) is 22.1. The van der Waals surface area contributed by atoms with Crippen molar-refractivity contribution < 1.29 is 23.5 Å². The molecule has 0 aliphatic carbocycles. The molecule has 3 rings (SSSR count). The first-order valence-corrected chi connectivity index (χ1v) is 10.2. The van der Waals surface area contributed by atoms with E-state index in [0.717, 1.165) is 11.3 Å². The van der Waals surface area contributed by atoms with Gasteiger partial charge < -0.3 is 19.2 Å². The van der Waals surface area contributed by atoms with Gasteiger partial charge in [0.15, 0.2) is 0 Å². The summed E-state index contributed by atoms with van der Waals surface area (Å²) in [6, 6.07) is 16.2. The summed E-state index contributed by atoms with van der Waals surface area (Å²) in [5.41, 5.74) is 0.854. The van der Waals surface area contributed by atoms with Crippen LogP contribution < -0.4 is 15.7 Å². The Morgan fingerprint density at radius 1 is 1.00 bits per heavy atom. The molecule has 0 unspecified atom stereocenters. The third-order valence-corrected chi connectivity index (χ3v) is 4.57. The Bertz CT molecular complexity index is 1090. The molecule has 0 bridgehead atoms. The Kier molecular flexibility index (Phi) is 7.81. The summed E-state index contributed by atoms with van der Waals surface area (Å²) in [4.78, 5) is 36.0. The summed E-state index contributed by atoms with van der Waals surface area (Å²) >= 11 is 0. The van der Waals surface area contributed by atoms with Crippen LogP contribution in [0.5, 0.6) is 5.75 Å². The van der Waals surface area contributed by atoms with Gasteiger partial charge in [-0.05, 0) is 44.0 Å². The zero-order valence-corrected chi connectivity index (χ0v) is 17.4. The largest absolute Gasteiger partial charge is 0.494 e. The highest BCUT2D eigenvalue weighted by atomic mass is 16.5. The lowest BCUT2D eigenvalue weighted by Gasteiger charge is -2.08. The van der Waals surface area contributed by atoms with Crippen molar-refractivity contribution in [3.63, 3.8) is 0 Å². The molecule has 0 radical (unpaired) electrons. The van der Waals surface area contributed by atoms with Gasteiger partial charge in [0.25, 0.3) is 5.91 Å². The van der Waals surface area contributed by atoms with Crippen LogP contribution in [0.1, 0.15) is 35.2 Å². The van der Waals surface area contributed by atoms with Crippen LogP contribution in [-0.4, -0.2) is 31.6 Å². The van der Waals surface area contributed by atoms with Crippen LogP contribution in [0.3, 0.4) is 0 Å². The molecule has 0 fully saturated rings. The van der Waals surface area contributed by atoms with Gasteiger partial charge in [-0.2, -0.15) is 0 Å². The second-order valence-corrected chi connectivity index (χ2v) is 7.08. The molecule has 1 N–H and O–H groups in total. The van der Waals surface area contributed by atoms with Crippen molar-refractivity contribution in [2.45, 2.75) is 26.2 Å². The van der Waals surface area contributed by atoms with E-state index in [4.69, 9.17) is 13.9 Å². The number of benzene rings is 2. The maximum Gasteiger partial charge on any atom is 0.349 e. The second-order valence-electron chi connectivity index (χ2n) is 7.08. The molecule has 162 valence electrons. The summed E-state index contributed by atoms with van der Waals surface area (Å²) in [6.07, 6.45) is 1.26. The molecule has 1 amide bonds. The first-order chi connectivity index (χ1) is 15.0. The molecular formula is C24H25NO6. The van der Waals surface area contributed by atoms with Crippen molar-refractivity contribution in [1.29, 1.82) is 0 Å². The number of amides is 1. The van der Waals surface area contributed by atoms with E-state index in [-0.39, 0.29) is 31.1 Å². The molecule has 31 heavy (non-hydrogen) atoms. The first-order valence-electron chi connectivity index (χ1n) is 10.2. The average Bonchev–Trinajstić information content (AvgIpc) is 2.77. The Morgan fingerprint density at radius 2 is 1.77 bits per heavy atom. The Hall–Kier alpha value is -3.61.